The molecule has 1 rings (SSSR count). The van der Waals surface area contributed by atoms with Gasteiger partial charge in [-0.1, -0.05) is 0 Å². The fraction of sp³-hybridized carbons (Fsp3) is 0.300. The number of nitrogens with one attached hydrogen (secondary N) is 1. The molecule has 0 atom stereocenters. The average Bonchev–Trinajstić information content (AvgIpc) is 2.26. The van der Waals surface area contributed by atoms with Crippen molar-refractivity contribution in [2.24, 2.45) is 0 Å². The van der Waals surface area contributed by atoms with Gasteiger partial charge in [-0.25, -0.2) is 0 Å². The highest BCUT2D eigenvalue weighted by Crippen LogP contribution is 2.39. The number of carboxylic acid groups (broad SMARTS) is 1. The number of hydrogen-bond donors (Lipinski definition) is 1. The average molecular weight is 226 g/mol. The maximum absolute atomic E-state index is 10.4. The molecule has 1 aromatic rings. The van der Waals surface area contributed by atoms with E-state index in [2.05, 4.69) is 5.32 Å². The molecule has 0 fully saturated rings. The van der Waals surface area contributed by atoms with Crippen molar-refractivity contribution >= 4 is 11.8 Å². The summed E-state index contributed by atoms with van der Waals surface area (Å²) < 4.78 is 15.2. The number of hydrogen-bond acceptors (Lipinski definition) is 5. The van der Waals surface area contributed by atoms with E-state index in [0.717, 1.165) is 0 Å². The summed E-state index contributed by atoms with van der Waals surface area (Å²) >= 11 is 0. The van der Waals surface area contributed by atoms with Gasteiger partial charge in [-0.3, -0.25) is 0 Å². The maximum atomic E-state index is 10.4. The van der Waals surface area contributed by atoms with Crippen molar-refractivity contribution in [1.29, 1.82) is 0 Å². The third kappa shape index (κ3) is 2.47. The zero-order valence-electron chi connectivity index (χ0n) is 9.20. The highest BCUT2D eigenvalue weighted by molar-refractivity contribution is 5.82. The van der Waals surface area contributed by atoms with Gasteiger partial charge in [0.15, 0.2) is 11.5 Å². The molecule has 0 radical (unpaired) electrons. The summed E-state index contributed by atoms with van der Waals surface area (Å²) in [5.41, 5.74) is 0.287. The van der Waals surface area contributed by atoms with Crippen LogP contribution in [0.3, 0.4) is 0 Å². The Bertz CT molecular complexity index is 366. The number of methoxy groups -OCH3 is 3. The van der Waals surface area contributed by atoms with Crippen LogP contribution in [0.4, 0.5) is 10.5 Å². The van der Waals surface area contributed by atoms with Crippen molar-refractivity contribution in [1.82, 2.24) is 0 Å². The molecule has 0 aliphatic carbocycles. The molecule has 88 valence electrons. The maximum Gasteiger partial charge on any atom is 0.203 e. The van der Waals surface area contributed by atoms with E-state index in [0.29, 0.717) is 17.2 Å². The number of rotatable bonds is 4. The second-order valence-electron chi connectivity index (χ2n) is 2.83. The lowest BCUT2D eigenvalue weighted by molar-refractivity contribution is -0.242. The number of anilines is 1. The lowest BCUT2D eigenvalue weighted by Gasteiger charge is -2.15. The van der Waals surface area contributed by atoms with Crippen molar-refractivity contribution in [3.05, 3.63) is 12.1 Å². The predicted molar refractivity (Wildman–Crippen MR) is 55.1 cm³/mol. The molecule has 16 heavy (non-hydrogen) atoms. The minimum Gasteiger partial charge on any atom is -0.530 e. The molecule has 1 amide bonds. The summed E-state index contributed by atoms with van der Waals surface area (Å²) in [6.45, 7) is 0. The molecule has 0 saturated heterocycles. The number of carbonyl (C=O) groups excluding carboxylic acids is 1. The quantitative estimate of drug-likeness (QED) is 0.807. The summed E-state index contributed by atoms with van der Waals surface area (Å²) in [5, 5.41) is 12.5. The van der Waals surface area contributed by atoms with Crippen LogP contribution in [-0.2, 0) is 0 Å². The number of carbonyl (C=O) groups is 1. The molecule has 0 saturated carbocycles. The van der Waals surface area contributed by atoms with E-state index in [1.807, 2.05) is 0 Å². The van der Waals surface area contributed by atoms with Crippen molar-refractivity contribution in [2.75, 3.05) is 26.6 Å². The Labute approximate surface area is 92.7 Å². The van der Waals surface area contributed by atoms with Gasteiger partial charge in [0.05, 0.1) is 21.3 Å². The van der Waals surface area contributed by atoms with Gasteiger partial charge < -0.3 is 29.4 Å². The van der Waals surface area contributed by atoms with Crippen LogP contribution in [0.5, 0.6) is 17.2 Å². The minimum absolute atomic E-state index is 0.287. The lowest BCUT2D eigenvalue weighted by Crippen LogP contribution is -2.28. The number of ether oxygens (including phenoxy) is 3. The first kappa shape index (κ1) is 12.0. The van der Waals surface area contributed by atoms with Gasteiger partial charge in [-0.2, -0.15) is 0 Å². The minimum atomic E-state index is -1.41. The highest BCUT2D eigenvalue weighted by Gasteiger charge is 2.12. The van der Waals surface area contributed by atoms with E-state index >= 15 is 0 Å². The van der Waals surface area contributed by atoms with E-state index in [9.17, 15) is 9.90 Å². The van der Waals surface area contributed by atoms with Crippen LogP contribution in [0, 0.1) is 0 Å². The number of amides is 1. The third-order valence-corrected chi connectivity index (χ3v) is 1.91. The summed E-state index contributed by atoms with van der Waals surface area (Å²) in [4.78, 5) is 10.4. The van der Waals surface area contributed by atoms with Gasteiger partial charge >= 0.3 is 0 Å². The van der Waals surface area contributed by atoms with Crippen molar-refractivity contribution < 1.29 is 24.1 Å². The van der Waals surface area contributed by atoms with Gasteiger partial charge in [0.1, 0.15) is 6.09 Å². The topological polar surface area (TPSA) is 79.9 Å². The summed E-state index contributed by atoms with van der Waals surface area (Å²) in [6, 6.07) is 2.94. The van der Waals surface area contributed by atoms with E-state index in [4.69, 9.17) is 14.2 Å². The standard InChI is InChI=1S/C10H13NO5/c1-14-7-4-6(11-10(12)13)5-8(15-2)9(7)16-3/h4-5,11H,1-3H3,(H,12,13)/p-1. The second-order valence-corrected chi connectivity index (χ2v) is 2.83. The molecule has 0 heterocycles. The smallest absolute Gasteiger partial charge is 0.203 e. The number of benzene rings is 1. The van der Waals surface area contributed by atoms with Crippen LogP contribution in [0.2, 0.25) is 0 Å². The van der Waals surface area contributed by atoms with Crippen molar-refractivity contribution in [2.45, 2.75) is 0 Å². The van der Waals surface area contributed by atoms with Crippen LogP contribution in [0.25, 0.3) is 0 Å². The molecule has 1 N–H and O–H groups in total. The van der Waals surface area contributed by atoms with Crippen molar-refractivity contribution in [3.63, 3.8) is 0 Å². The molecule has 0 aliphatic heterocycles. The first-order chi connectivity index (χ1) is 7.62. The van der Waals surface area contributed by atoms with Crippen LogP contribution in [0.15, 0.2) is 12.1 Å². The van der Waals surface area contributed by atoms with Gasteiger partial charge in [-0.15, -0.1) is 0 Å². The molecule has 0 unspecified atom stereocenters. The Hall–Kier alpha value is -2.11. The summed E-state index contributed by atoms with van der Waals surface area (Å²) in [5.74, 6) is 1.13. The second kappa shape index (κ2) is 5.11. The monoisotopic (exact) mass is 226 g/mol. The van der Waals surface area contributed by atoms with E-state index in [1.54, 1.807) is 0 Å². The largest absolute Gasteiger partial charge is 0.530 e. The molecule has 6 nitrogen and oxygen atoms in total. The van der Waals surface area contributed by atoms with Gasteiger partial charge in [-0.05, 0) is 0 Å². The van der Waals surface area contributed by atoms with Crippen LogP contribution < -0.4 is 24.6 Å². The van der Waals surface area contributed by atoms with E-state index < -0.39 is 6.09 Å². The molecule has 6 heteroatoms. The summed E-state index contributed by atoms with van der Waals surface area (Å²) in [6.07, 6.45) is -1.41. The molecular weight excluding hydrogens is 214 g/mol. The Morgan fingerprint density at radius 3 is 1.94 bits per heavy atom. The Kier molecular flexibility index (Phi) is 3.82. The van der Waals surface area contributed by atoms with Crippen molar-refractivity contribution in [3.8, 4) is 17.2 Å². The highest BCUT2D eigenvalue weighted by atomic mass is 16.5. The van der Waals surface area contributed by atoms with E-state index in [1.165, 1.54) is 33.5 Å². The molecule has 0 spiro atoms. The molecule has 0 aromatic heterocycles. The SMILES string of the molecule is COc1cc(NC(=O)[O-])cc(OC)c1OC. The fourth-order valence-corrected chi connectivity index (χ4v) is 1.27. The molecular formula is C10H12NO5-. The zero-order chi connectivity index (χ0) is 12.1. The fourth-order valence-electron chi connectivity index (χ4n) is 1.27. The zero-order valence-corrected chi connectivity index (χ0v) is 9.20. The van der Waals surface area contributed by atoms with Gasteiger partial charge in [0.2, 0.25) is 5.75 Å². The van der Waals surface area contributed by atoms with Crippen LogP contribution in [-0.4, -0.2) is 27.4 Å². The normalized spacial score (nSPS) is 9.44. The summed E-state index contributed by atoms with van der Waals surface area (Å²) in [7, 11) is 4.35. The van der Waals surface area contributed by atoms with E-state index in [-0.39, 0.29) is 5.69 Å². The van der Waals surface area contributed by atoms with Crippen LogP contribution >= 0.6 is 0 Å². The van der Waals surface area contributed by atoms with Gasteiger partial charge in [0, 0.05) is 17.8 Å². The molecule has 0 aliphatic rings. The lowest BCUT2D eigenvalue weighted by atomic mass is 10.2. The Morgan fingerprint density at radius 2 is 1.62 bits per heavy atom. The molecule has 0 bridgehead atoms. The predicted octanol–water partition coefficient (Wildman–Crippen LogP) is 0.468. The Morgan fingerprint density at radius 1 is 1.12 bits per heavy atom. The first-order valence-electron chi connectivity index (χ1n) is 4.40. The van der Waals surface area contributed by atoms with Gasteiger partial charge in [0.25, 0.3) is 0 Å². The van der Waals surface area contributed by atoms with Crippen LogP contribution in [0.1, 0.15) is 0 Å². The first-order valence-corrected chi connectivity index (χ1v) is 4.40. The molecule has 1 aromatic carbocycles. The Balaban J connectivity index is 3.20. The third-order valence-electron chi connectivity index (χ3n) is 1.91.